The van der Waals surface area contributed by atoms with Crippen LogP contribution in [0.5, 0.6) is 0 Å². The minimum atomic E-state index is -0.968. The van der Waals surface area contributed by atoms with Crippen molar-refractivity contribution >= 4 is 28.8 Å². The molecule has 0 bridgehead atoms. The van der Waals surface area contributed by atoms with E-state index in [1.54, 1.807) is 4.57 Å². The van der Waals surface area contributed by atoms with Gasteiger partial charge < -0.3 is 9.67 Å². The number of carboxylic acids is 1. The molecule has 1 aromatic heterocycles. The third kappa shape index (κ3) is 2.15. The van der Waals surface area contributed by atoms with E-state index in [2.05, 4.69) is 4.98 Å². The first-order valence-corrected chi connectivity index (χ1v) is 7.18. The van der Waals surface area contributed by atoms with Crippen LogP contribution in [0.1, 0.15) is 19.4 Å². The third-order valence-corrected chi connectivity index (χ3v) is 4.37. The number of nitrogens with zero attached hydrogens (tertiary/aromatic N) is 2. The normalized spacial score (nSPS) is 21.4. The molecule has 1 aliphatic carbocycles. The van der Waals surface area contributed by atoms with Crippen molar-refractivity contribution in [3.05, 3.63) is 23.8 Å². The number of hydrogen-bond acceptors (Lipinski definition) is 3. The van der Waals surface area contributed by atoms with Crippen LogP contribution in [0.25, 0.3) is 11.0 Å². The Morgan fingerprint density at radius 1 is 1.55 bits per heavy atom. The Hall–Kier alpha value is -1.63. The van der Waals surface area contributed by atoms with Gasteiger partial charge in [0.25, 0.3) is 0 Å². The van der Waals surface area contributed by atoms with Crippen molar-refractivity contribution in [3.63, 3.8) is 0 Å². The quantitative estimate of drug-likeness (QED) is 0.881. The smallest absolute Gasteiger partial charge is 0.313 e. The third-order valence-electron chi connectivity index (χ3n) is 3.43. The SMILES string of the molecule is CC1CC1n1c(SCC(=O)O)nc2ccc(F)c(F)c21. The maximum absolute atomic E-state index is 14.0. The zero-order valence-electron chi connectivity index (χ0n) is 10.6. The number of aromatic nitrogens is 2. The Morgan fingerprint density at radius 3 is 2.85 bits per heavy atom. The lowest BCUT2D eigenvalue weighted by molar-refractivity contribution is -0.133. The van der Waals surface area contributed by atoms with Crippen LogP contribution in [-0.2, 0) is 4.79 Å². The number of aliphatic carboxylic acids is 1. The number of imidazole rings is 1. The Bertz CT molecular complexity index is 701. The van der Waals surface area contributed by atoms with Gasteiger partial charge in [-0.3, -0.25) is 4.79 Å². The van der Waals surface area contributed by atoms with E-state index in [-0.39, 0.29) is 17.3 Å². The summed E-state index contributed by atoms with van der Waals surface area (Å²) >= 11 is 1.03. The van der Waals surface area contributed by atoms with Gasteiger partial charge in [-0.2, -0.15) is 0 Å². The van der Waals surface area contributed by atoms with Gasteiger partial charge in [-0.15, -0.1) is 0 Å². The monoisotopic (exact) mass is 298 g/mol. The number of benzene rings is 1. The first kappa shape index (κ1) is 13.4. The topological polar surface area (TPSA) is 55.1 Å². The van der Waals surface area contributed by atoms with Gasteiger partial charge in [-0.1, -0.05) is 18.7 Å². The van der Waals surface area contributed by atoms with Crippen LogP contribution in [0.4, 0.5) is 8.78 Å². The molecule has 0 saturated heterocycles. The van der Waals surface area contributed by atoms with Crippen LogP contribution in [0.2, 0.25) is 0 Å². The van der Waals surface area contributed by atoms with Gasteiger partial charge in [-0.05, 0) is 24.5 Å². The van der Waals surface area contributed by atoms with Gasteiger partial charge >= 0.3 is 5.97 Å². The molecule has 1 fully saturated rings. The van der Waals surface area contributed by atoms with Crippen LogP contribution in [0.15, 0.2) is 17.3 Å². The minimum absolute atomic E-state index is 0.0626. The Morgan fingerprint density at radius 2 is 2.25 bits per heavy atom. The molecule has 1 heterocycles. The number of carboxylic acid groups (broad SMARTS) is 1. The lowest BCUT2D eigenvalue weighted by Gasteiger charge is -2.07. The fourth-order valence-corrected chi connectivity index (χ4v) is 3.08. The van der Waals surface area contributed by atoms with Gasteiger partial charge in [0.1, 0.15) is 5.52 Å². The zero-order valence-corrected chi connectivity index (χ0v) is 11.5. The van der Waals surface area contributed by atoms with Crippen molar-refractivity contribution < 1.29 is 18.7 Å². The second-order valence-electron chi connectivity index (χ2n) is 4.96. The van der Waals surface area contributed by atoms with E-state index in [1.807, 2.05) is 6.92 Å². The molecule has 2 unspecified atom stereocenters. The second-order valence-corrected chi connectivity index (χ2v) is 5.90. The molecule has 7 heteroatoms. The Labute approximate surface area is 117 Å². The van der Waals surface area contributed by atoms with Crippen LogP contribution >= 0.6 is 11.8 Å². The number of hydrogen-bond donors (Lipinski definition) is 1. The van der Waals surface area contributed by atoms with Crippen LogP contribution in [0, 0.1) is 17.6 Å². The minimum Gasteiger partial charge on any atom is -0.481 e. The first-order valence-electron chi connectivity index (χ1n) is 6.19. The molecule has 106 valence electrons. The summed E-state index contributed by atoms with van der Waals surface area (Å²) in [6, 6.07) is 2.52. The van der Waals surface area contributed by atoms with Gasteiger partial charge in [0, 0.05) is 6.04 Å². The average molecular weight is 298 g/mol. The summed E-state index contributed by atoms with van der Waals surface area (Å²) < 4.78 is 29.1. The summed E-state index contributed by atoms with van der Waals surface area (Å²) in [5, 5.41) is 9.19. The first-order chi connectivity index (χ1) is 9.49. The molecule has 1 aromatic carbocycles. The highest BCUT2D eigenvalue weighted by Gasteiger charge is 2.38. The van der Waals surface area contributed by atoms with E-state index in [0.29, 0.717) is 16.6 Å². The van der Waals surface area contributed by atoms with Gasteiger partial charge in [0.2, 0.25) is 0 Å². The summed E-state index contributed by atoms with van der Waals surface area (Å²) in [6.07, 6.45) is 0.863. The number of fused-ring (bicyclic) bond motifs is 1. The molecule has 1 saturated carbocycles. The molecule has 2 atom stereocenters. The van der Waals surface area contributed by atoms with Crippen molar-refractivity contribution in [2.75, 3.05) is 5.75 Å². The van der Waals surface area contributed by atoms with Crippen molar-refractivity contribution in [1.29, 1.82) is 0 Å². The molecule has 3 rings (SSSR count). The summed E-state index contributed by atoms with van der Waals surface area (Å²) in [5.74, 6) is -2.60. The molecular weight excluding hydrogens is 286 g/mol. The summed E-state index contributed by atoms with van der Waals surface area (Å²) in [4.78, 5) is 14.9. The highest BCUT2D eigenvalue weighted by atomic mass is 32.2. The maximum atomic E-state index is 14.0. The molecule has 2 aromatic rings. The fourth-order valence-electron chi connectivity index (χ4n) is 2.30. The standard InChI is InChI=1S/C13H12F2N2O2S/c1-6-4-9(6)17-12-8(3-2-7(14)11(12)15)16-13(17)20-5-10(18)19/h2-3,6,9H,4-5H2,1H3,(H,18,19). The molecular formula is C13H12F2N2O2S. The molecule has 0 aliphatic heterocycles. The van der Waals surface area contributed by atoms with E-state index in [4.69, 9.17) is 5.11 Å². The highest BCUT2D eigenvalue weighted by Crippen LogP contribution is 2.47. The molecule has 0 radical (unpaired) electrons. The average Bonchev–Trinajstić information content (AvgIpc) is 2.99. The molecule has 0 amide bonds. The molecule has 1 N–H and O–H groups in total. The zero-order chi connectivity index (χ0) is 14.4. The second kappa shape index (κ2) is 4.73. The number of thioether (sulfide) groups is 1. The fraction of sp³-hybridized carbons (Fsp3) is 0.385. The van der Waals surface area contributed by atoms with E-state index in [9.17, 15) is 13.6 Å². The molecule has 0 spiro atoms. The van der Waals surface area contributed by atoms with E-state index < -0.39 is 17.6 Å². The summed E-state index contributed by atoms with van der Waals surface area (Å²) in [5.41, 5.74) is 0.489. The van der Waals surface area contributed by atoms with Gasteiger partial charge in [0.15, 0.2) is 16.8 Å². The largest absolute Gasteiger partial charge is 0.481 e. The van der Waals surface area contributed by atoms with Crippen molar-refractivity contribution in [2.24, 2.45) is 5.92 Å². The van der Waals surface area contributed by atoms with Crippen molar-refractivity contribution in [2.45, 2.75) is 24.5 Å². The number of halogens is 2. The number of carbonyl (C=O) groups is 1. The van der Waals surface area contributed by atoms with E-state index in [0.717, 1.165) is 24.2 Å². The van der Waals surface area contributed by atoms with Crippen LogP contribution in [0.3, 0.4) is 0 Å². The lowest BCUT2D eigenvalue weighted by Crippen LogP contribution is -2.03. The highest BCUT2D eigenvalue weighted by molar-refractivity contribution is 7.99. The predicted molar refractivity (Wildman–Crippen MR) is 70.8 cm³/mol. The van der Waals surface area contributed by atoms with Gasteiger partial charge in [0.05, 0.1) is 11.3 Å². The van der Waals surface area contributed by atoms with Crippen LogP contribution < -0.4 is 0 Å². The van der Waals surface area contributed by atoms with E-state index in [1.165, 1.54) is 6.07 Å². The molecule has 20 heavy (non-hydrogen) atoms. The van der Waals surface area contributed by atoms with Crippen molar-refractivity contribution in [1.82, 2.24) is 9.55 Å². The predicted octanol–water partition coefficient (Wildman–Crippen LogP) is 3.07. The lowest BCUT2D eigenvalue weighted by atomic mass is 10.3. The summed E-state index contributed by atoms with van der Waals surface area (Å²) in [7, 11) is 0. The summed E-state index contributed by atoms with van der Waals surface area (Å²) in [6.45, 7) is 2.01. The number of rotatable bonds is 4. The van der Waals surface area contributed by atoms with Gasteiger partial charge in [-0.25, -0.2) is 13.8 Å². The van der Waals surface area contributed by atoms with Crippen LogP contribution in [-0.4, -0.2) is 26.4 Å². The molecule has 1 aliphatic rings. The Kier molecular flexibility index (Phi) is 3.16. The molecule has 4 nitrogen and oxygen atoms in total. The van der Waals surface area contributed by atoms with E-state index >= 15 is 0 Å². The van der Waals surface area contributed by atoms with Crippen molar-refractivity contribution in [3.8, 4) is 0 Å². The maximum Gasteiger partial charge on any atom is 0.313 e. The Balaban J connectivity index is 2.14.